The van der Waals surface area contributed by atoms with Gasteiger partial charge < -0.3 is 14.6 Å². The molecule has 0 aromatic carbocycles. The summed E-state index contributed by atoms with van der Waals surface area (Å²) < 4.78 is 12.0. The number of carboxylic acid groups (broad SMARTS) is 1. The van der Waals surface area contributed by atoms with E-state index in [-0.39, 0.29) is 6.42 Å². The van der Waals surface area contributed by atoms with Gasteiger partial charge in [-0.05, 0) is 62.5 Å². The van der Waals surface area contributed by atoms with Crippen LogP contribution >= 0.6 is 11.8 Å². The van der Waals surface area contributed by atoms with Crippen LogP contribution in [0.15, 0.2) is 12.2 Å². The van der Waals surface area contributed by atoms with Crippen LogP contribution in [-0.4, -0.2) is 47.5 Å². The van der Waals surface area contributed by atoms with E-state index in [1.54, 1.807) is 0 Å². The van der Waals surface area contributed by atoms with Crippen LogP contribution in [0.1, 0.15) is 65.2 Å². The molecule has 26 heavy (non-hydrogen) atoms. The number of allylic oxidation sites excluding steroid dienone is 1. The predicted octanol–water partition coefficient (Wildman–Crippen LogP) is 4.92. The zero-order valence-corrected chi connectivity index (χ0v) is 17.2. The number of thioether (sulfide) groups is 1. The van der Waals surface area contributed by atoms with Crippen molar-refractivity contribution in [3.63, 3.8) is 0 Å². The molecule has 0 spiro atoms. The second-order valence-corrected chi connectivity index (χ2v) is 9.14. The maximum Gasteiger partial charge on any atom is 0.303 e. The van der Waals surface area contributed by atoms with E-state index in [1.807, 2.05) is 11.8 Å². The normalized spacial score (nSPS) is 28.8. The van der Waals surface area contributed by atoms with Gasteiger partial charge in [-0.3, -0.25) is 4.79 Å². The third-order valence-electron chi connectivity index (χ3n) is 5.64. The van der Waals surface area contributed by atoms with Gasteiger partial charge in [-0.15, -0.1) is 0 Å². The van der Waals surface area contributed by atoms with E-state index in [1.165, 1.54) is 19.3 Å². The average molecular weight is 385 g/mol. The molecule has 0 aliphatic carbocycles. The van der Waals surface area contributed by atoms with Crippen molar-refractivity contribution >= 4 is 17.7 Å². The summed E-state index contributed by atoms with van der Waals surface area (Å²) >= 11 is 1.92. The van der Waals surface area contributed by atoms with Crippen molar-refractivity contribution < 1.29 is 19.4 Å². The maximum absolute atomic E-state index is 10.7. The zero-order chi connectivity index (χ0) is 18.8. The van der Waals surface area contributed by atoms with E-state index in [4.69, 9.17) is 14.6 Å². The van der Waals surface area contributed by atoms with Crippen molar-refractivity contribution in [2.45, 2.75) is 82.7 Å². The molecular weight excluding hydrogens is 348 g/mol. The molecule has 2 aliphatic heterocycles. The van der Waals surface area contributed by atoms with E-state index < -0.39 is 5.97 Å². The number of carboxylic acids is 1. The summed E-state index contributed by atoms with van der Waals surface area (Å²) in [6.07, 6.45) is 13.2. The summed E-state index contributed by atoms with van der Waals surface area (Å²) in [4.78, 5) is 10.7. The number of carbonyl (C=O) groups is 1. The molecule has 1 N–H and O–H groups in total. The molecule has 2 bridgehead atoms. The quantitative estimate of drug-likeness (QED) is 0.340. The summed E-state index contributed by atoms with van der Waals surface area (Å²) in [5, 5.41) is 9.21. The standard InChI is InChI=1S/C21H36O4S/c1-3-4-5-6-13-24-14-11-17-18(20-9-8-19(17)25-20)12-15-26-16(2)7-10-21(22)23/h4-5,16-20H,3,6-15H2,1-2H3,(H,22,23)/t16-,17-,18+,19?,20+/m1/s1. The first-order valence-electron chi connectivity index (χ1n) is 10.3. The summed E-state index contributed by atoms with van der Waals surface area (Å²) in [5.74, 6) is 1.73. The molecule has 0 aromatic rings. The van der Waals surface area contributed by atoms with Gasteiger partial charge in [-0.1, -0.05) is 26.0 Å². The number of rotatable bonds is 14. The Hall–Kier alpha value is -0.520. The van der Waals surface area contributed by atoms with Gasteiger partial charge in [0.05, 0.1) is 18.8 Å². The fourth-order valence-electron chi connectivity index (χ4n) is 4.24. The lowest BCUT2D eigenvalue weighted by Crippen LogP contribution is -2.29. The first-order valence-corrected chi connectivity index (χ1v) is 11.4. The summed E-state index contributed by atoms with van der Waals surface area (Å²) in [6, 6.07) is 0. The lowest BCUT2D eigenvalue weighted by atomic mass is 9.76. The van der Waals surface area contributed by atoms with Crippen LogP contribution < -0.4 is 0 Å². The van der Waals surface area contributed by atoms with Crippen LogP contribution in [0.3, 0.4) is 0 Å². The summed E-state index contributed by atoms with van der Waals surface area (Å²) in [5.41, 5.74) is 0. The van der Waals surface area contributed by atoms with Crippen LogP contribution in [-0.2, 0) is 14.3 Å². The van der Waals surface area contributed by atoms with E-state index >= 15 is 0 Å². The molecule has 5 atom stereocenters. The Kier molecular flexibility index (Phi) is 10.1. The monoisotopic (exact) mass is 384 g/mol. The molecule has 2 aliphatic rings. The van der Waals surface area contributed by atoms with Crippen molar-refractivity contribution in [2.75, 3.05) is 19.0 Å². The first-order chi connectivity index (χ1) is 12.6. The van der Waals surface area contributed by atoms with Crippen LogP contribution in [0.5, 0.6) is 0 Å². The average Bonchev–Trinajstić information content (AvgIpc) is 3.21. The van der Waals surface area contributed by atoms with Gasteiger partial charge in [0.1, 0.15) is 0 Å². The Morgan fingerprint density at radius 2 is 1.96 bits per heavy atom. The van der Waals surface area contributed by atoms with Crippen molar-refractivity contribution in [2.24, 2.45) is 11.8 Å². The lowest BCUT2D eigenvalue weighted by molar-refractivity contribution is -0.137. The molecule has 2 fully saturated rings. The second kappa shape index (κ2) is 12.0. The van der Waals surface area contributed by atoms with Gasteiger partial charge in [0.2, 0.25) is 0 Å². The highest BCUT2D eigenvalue weighted by atomic mass is 32.2. The molecule has 0 radical (unpaired) electrons. The Labute approximate surface area is 163 Å². The van der Waals surface area contributed by atoms with Gasteiger partial charge >= 0.3 is 5.97 Å². The van der Waals surface area contributed by atoms with E-state index in [0.717, 1.165) is 44.6 Å². The van der Waals surface area contributed by atoms with Gasteiger partial charge in [0.15, 0.2) is 0 Å². The Balaban J connectivity index is 1.64. The molecule has 2 rings (SSSR count). The minimum Gasteiger partial charge on any atom is -0.481 e. The highest BCUT2D eigenvalue weighted by molar-refractivity contribution is 7.99. The topological polar surface area (TPSA) is 55.8 Å². The maximum atomic E-state index is 10.7. The minimum absolute atomic E-state index is 0.277. The number of aliphatic carboxylic acids is 1. The predicted molar refractivity (Wildman–Crippen MR) is 108 cm³/mol. The Morgan fingerprint density at radius 3 is 2.65 bits per heavy atom. The van der Waals surface area contributed by atoms with E-state index in [0.29, 0.717) is 29.3 Å². The highest BCUT2D eigenvalue weighted by Gasteiger charge is 2.47. The Bertz CT molecular complexity index is 440. The highest BCUT2D eigenvalue weighted by Crippen LogP contribution is 2.47. The molecule has 2 heterocycles. The summed E-state index contributed by atoms with van der Waals surface area (Å²) in [7, 11) is 0. The SMILES string of the molecule is CCC=CCCOCC[C@H]1C2CC[C@H](O2)[C@H]1CCS[C@H](C)CCC(=O)O. The molecule has 2 saturated heterocycles. The van der Waals surface area contributed by atoms with Gasteiger partial charge in [-0.2, -0.15) is 11.8 Å². The number of ether oxygens (including phenoxy) is 2. The van der Waals surface area contributed by atoms with Crippen molar-refractivity contribution in [3.8, 4) is 0 Å². The molecule has 5 heteroatoms. The molecule has 150 valence electrons. The van der Waals surface area contributed by atoms with Crippen molar-refractivity contribution in [3.05, 3.63) is 12.2 Å². The number of hydrogen-bond acceptors (Lipinski definition) is 4. The van der Waals surface area contributed by atoms with Crippen LogP contribution in [0, 0.1) is 11.8 Å². The smallest absolute Gasteiger partial charge is 0.303 e. The number of hydrogen-bond donors (Lipinski definition) is 1. The Morgan fingerprint density at radius 1 is 1.23 bits per heavy atom. The summed E-state index contributed by atoms with van der Waals surface area (Å²) in [6.45, 7) is 5.96. The third kappa shape index (κ3) is 7.24. The largest absolute Gasteiger partial charge is 0.481 e. The lowest BCUT2D eigenvalue weighted by Gasteiger charge is -2.28. The minimum atomic E-state index is -0.691. The second-order valence-electron chi connectivity index (χ2n) is 7.59. The van der Waals surface area contributed by atoms with Crippen LogP contribution in [0.2, 0.25) is 0 Å². The van der Waals surface area contributed by atoms with E-state index in [9.17, 15) is 4.79 Å². The van der Waals surface area contributed by atoms with Gasteiger partial charge in [0.25, 0.3) is 0 Å². The fourth-order valence-corrected chi connectivity index (χ4v) is 5.34. The van der Waals surface area contributed by atoms with Crippen LogP contribution in [0.4, 0.5) is 0 Å². The van der Waals surface area contributed by atoms with Crippen molar-refractivity contribution in [1.29, 1.82) is 0 Å². The van der Waals surface area contributed by atoms with Gasteiger partial charge in [-0.25, -0.2) is 0 Å². The molecule has 1 unspecified atom stereocenters. The third-order valence-corrected chi connectivity index (χ3v) is 6.91. The molecule has 4 nitrogen and oxygen atoms in total. The molecule has 0 amide bonds. The van der Waals surface area contributed by atoms with Crippen LogP contribution in [0.25, 0.3) is 0 Å². The molecule has 0 saturated carbocycles. The van der Waals surface area contributed by atoms with Crippen molar-refractivity contribution in [1.82, 2.24) is 0 Å². The van der Waals surface area contributed by atoms with Gasteiger partial charge in [0, 0.05) is 18.3 Å². The zero-order valence-electron chi connectivity index (χ0n) is 16.4. The number of fused-ring (bicyclic) bond motifs is 2. The molecule has 0 aromatic heterocycles. The van der Waals surface area contributed by atoms with E-state index in [2.05, 4.69) is 26.0 Å². The fraction of sp³-hybridized carbons (Fsp3) is 0.857. The first kappa shape index (κ1) is 21.8. The molecular formula is C21H36O4S.